The molecular formula is C27H34ClN5O4. The van der Waals surface area contributed by atoms with E-state index in [4.69, 9.17) is 16.6 Å². The van der Waals surface area contributed by atoms with Crippen molar-refractivity contribution in [3.63, 3.8) is 0 Å². The first-order valence-electron chi connectivity index (χ1n) is 12.9. The third kappa shape index (κ3) is 5.66. The van der Waals surface area contributed by atoms with E-state index in [-0.39, 0.29) is 17.4 Å². The molecule has 0 radical (unpaired) electrons. The number of unbranched alkanes of at least 4 members (excludes halogenated alkanes) is 2. The number of aromatic nitrogens is 3. The van der Waals surface area contributed by atoms with E-state index in [0.717, 1.165) is 31.2 Å². The zero-order valence-corrected chi connectivity index (χ0v) is 22.2. The standard InChI is InChI=1S/C27H34ClN5O4/c1-4-5-6-13-32-22(31-14-7-8-21(31)25(35)30-24(17(2)3)26(36)37)15-23(34)33-16-20(29-27(32)33)18-9-11-19(28)12-10-18/h9-12,15-17,21,24H,4-8,13-14H2,1-3H3,(H,30,35)(H,36,37)/t21-,24-/m0/s1. The van der Waals surface area contributed by atoms with Crippen LogP contribution in [0.1, 0.15) is 52.9 Å². The predicted molar refractivity (Wildman–Crippen MR) is 144 cm³/mol. The number of halogens is 1. The van der Waals surface area contributed by atoms with Gasteiger partial charge in [-0.25, -0.2) is 9.78 Å². The third-order valence-electron chi connectivity index (χ3n) is 6.90. The molecule has 4 rings (SSSR count). The molecule has 0 aliphatic carbocycles. The maximum absolute atomic E-state index is 13.3. The lowest BCUT2D eigenvalue weighted by Crippen LogP contribution is -2.52. The number of benzene rings is 1. The number of amides is 1. The largest absolute Gasteiger partial charge is 0.480 e. The molecule has 0 spiro atoms. The van der Waals surface area contributed by atoms with E-state index in [1.807, 2.05) is 21.6 Å². The lowest BCUT2D eigenvalue weighted by atomic mass is 10.0. The summed E-state index contributed by atoms with van der Waals surface area (Å²) in [4.78, 5) is 44.9. The first kappa shape index (κ1) is 26.7. The summed E-state index contributed by atoms with van der Waals surface area (Å²) in [7, 11) is 0. The molecule has 1 aliphatic rings. The molecule has 2 atom stereocenters. The van der Waals surface area contributed by atoms with Crippen LogP contribution in [0.15, 0.2) is 41.3 Å². The molecule has 2 N–H and O–H groups in total. The highest BCUT2D eigenvalue weighted by molar-refractivity contribution is 6.30. The number of carbonyl (C=O) groups excluding carboxylic acids is 1. The Morgan fingerprint density at radius 3 is 2.59 bits per heavy atom. The van der Waals surface area contributed by atoms with Gasteiger partial charge in [0.05, 0.1) is 5.69 Å². The Labute approximate surface area is 221 Å². The van der Waals surface area contributed by atoms with Gasteiger partial charge >= 0.3 is 5.97 Å². The van der Waals surface area contributed by atoms with Gasteiger partial charge in [0.15, 0.2) is 0 Å². The monoisotopic (exact) mass is 527 g/mol. The van der Waals surface area contributed by atoms with Gasteiger partial charge in [0.25, 0.3) is 5.56 Å². The summed E-state index contributed by atoms with van der Waals surface area (Å²) in [5.41, 5.74) is 1.27. The number of carboxylic acids is 1. The van der Waals surface area contributed by atoms with Gasteiger partial charge in [-0.3, -0.25) is 18.6 Å². The zero-order chi connectivity index (χ0) is 26.7. The summed E-state index contributed by atoms with van der Waals surface area (Å²) < 4.78 is 3.56. The van der Waals surface area contributed by atoms with Crippen LogP contribution in [0.2, 0.25) is 5.02 Å². The number of fused-ring (bicyclic) bond motifs is 1. The molecule has 37 heavy (non-hydrogen) atoms. The van der Waals surface area contributed by atoms with Gasteiger partial charge in [0, 0.05) is 35.9 Å². The minimum atomic E-state index is -1.06. The first-order valence-corrected chi connectivity index (χ1v) is 13.3. The Hall–Kier alpha value is -3.33. The fraction of sp³-hybridized carbons (Fsp3) is 0.481. The third-order valence-corrected chi connectivity index (χ3v) is 7.15. The molecule has 1 saturated heterocycles. The zero-order valence-electron chi connectivity index (χ0n) is 21.5. The Morgan fingerprint density at radius 1 is 1.22 bits per heavy atom. The molecule has 9 nitrogen and oxygen atoms in total. The number of nitrogens with zero attached hydrogens (tertiary/aromatic N) is 4. The number of carbonyl (C=O) groups is 2. The van der Waals surface area contributed by atoms with Gasteiger partial charge in [0.1, 0.15) is 17.9 Å². The summed E-state index contributed by atoms with van der Waals surface area (Å²) >= 11 is 6.05. The fourth-order valence-electron chi connectivity index (χ4n) is 4.89. The van der Waals surface area contributed by atoms with Crippen LogP contribution in [0.5, 0.6) is 0 Å². The van der Waals surface area contributed by atoms with Crippen molar-refractivity contribution in [1.29, 1.82) is 0 Å². The number of hydrogen-bond donors (Lipinski definition) is 2. The van der Waals surface area contributed by atoms with Crippen LogP contribution in [-0.4, -0.2) is 49.6 Å². The van der Waals surface area contributed by atoms with Crippen molar-refractivity contribution in [3.8, 4) is 11.3 Å². The van der Waals surface area contributed by atoms with E-state index in [1.165, 1.54) is 0 Å². The second kappa shape index (κ2) is 11.4. The van der Waals surface area contributed by atoms with Crippen LogP contribution in [0.3, 0.4) is 0 Å². The van der Waals surface area contributed by atoms with Gasteiger partial charge in [-0.1, -0.05) is 57.3 Å². The van der Waals surface area contributed by atoms with E-state index in [9.17, 15) is 19.5 Å². The highest BCUT2D eigenvalue weighted by Gasteiger charge is 2.35. The summed E-state index contributed by atoms with van der Waals surface area (Å²) in [6, 6.07) is 7.33. The van der Waals surface area contributed by atoms with Crippen molar-refractivity contribution < 1.29 is 14.7 Å². The van der Waals surface area contributed by atoms with Gasteiger partial charge < -0.3 is 15.3 Å². The van der Waals surface area contributed by atoms with Crippen molar-refractivity contribution in [1.82, 2.24) is 19.3 Å². The SMILES string of the molecule is CCCCCn1c(N2CCC[C@H]2C(=O)N[C@H](C(=O)O)C(C)C)cc(=O)n2cc(-c3ccc(Cl)cc3)nc12. The number of rotatable bonds is 10. The van der Waals surface area contributed by atoms with Crippen LogP contribution in [0.4, 0.5) is 5.82 Å². The molecule has 0 saturated carbocycles. The number of hydrogen-bond acceptors (Lipinski definition) is 5. The quantitative estimate of drug-likeness (QED) is 0.382. The molecule has 1 aliphatic heterocycles. The van der Waals surface area contributed by atoms with Crippen molar-refractivity contribution >= 4 is 35.1 Å². The average Bonchev–Trinajstić information content (AvgIpc) is 3.52. The van der Waals surface area contributed by atoms with Gasteiger partial charge in [-0.05, 0) is 37.3 Å². The minimum absolute atomic E-state index is 0.235. The van der Waals surface area contributed by atoms with E-state index < -0.39 is 18.1 Å². The smallest absolute Gasteiger partial charge is 0.326 e. The molecule has 198 valence electrons. The number of aryl methyl sites for hydroxylation is 1. The molecule has 2 aromatic heterocycles. The summed E-state index contributed by atoms with van der Waals surface area (Å²) in [5.74, 6) is -0.499. The Kier molecular flexibility index (Phi) is 8.22. The van der Waals surface area contributed by atoms with E-state index in [0.29, 0.717) is 41.8 Å². The van der Waals surface area contributed by atoms with Crippen LogP contribution in [-0.2, 0) is 16.1 Å². The van der Waals surface area contributed by atoms with E-state index in [1.54, 1.807) is 42.6 Å². The summed E-state index contributed by atoms with van der Waals surface area (Å²) in [6.45, 7) is 6.89. The fourth-order valence-corrected chi connectivity index (χ4v) is 5.02. The topological polar surface area (TPSA) is 109 Å². The van der Waals surface area contributed by atoms with Crippen LogP contribution in [0, 0.1) is 5.92 Å². The molecule has 3 heterocycles. The van der Waals surface area contributed by atoms with Crippen molar-refractivity contribution in [2.45, 2.75) is 71.5 Å². The second-order valence-corrected chi connectivity index (χ2v) is 10.4. The Bertz CT molecular complexity index is 1330. The molecule has 1 amide bonds. The van der Waals surface area contributed by atoms with Crippen LogP contribution in [0.25, 0.3) is 17.0 Å². The van der Waals surface area contributed by atoms with Gasteiger partial charge in [-0.2, -0.15) is 0 Å². The van der Waals surface area contributed by atoms with E-state index >= 15 is 0 Å². The molecule has 1 aromatic carbocycles. The maximum atomic E-state index is 13.3. The predicted octanol–water partition coefficient (Wildman–Crippen LogP) is 4.20. The van der Waals surface area contributed by atoms with E-state index in [2.05, 4.69) is 12.2 Å². The Balaban J connectivity index is 1.76. The number of carboxylic acid groups (broad SMARTS) is 1. The van der Waals surface area contributed by atoms with Crippen molar-refractivity contribution in [3.05, 3.63) is 51.9 Å². The number of nitrogens with one attached hydrogen (secondary N) is 1. The maximum Gasteiger partial charge on any atom is 0.326 e. The average molecular weight is 528 g/mol. The molecule has 3 aromatic rings. The van der Waals surface area contributed by atoms with Gasteiger partial charge in [-0.15, -0.1) is 0 Å². The van der Waals surface area contributed by atoms with Crippen LogP contribution < -0.4 is 15.8 Å². The van der Waals surface area contributed by atoms with Crippen molar-refractivity contribution in [2.24, 2.45) is 5.92 Å². The first-order chi connectivity index (χ1) is 17.7. The molecule has 0 unspecified atom stereocenters. The lowest BCUT2D eigenvalue weighted by Gasteiger charge is -2.30. The number of imidazole rings is 1. The highest BCUT2D eigenvalue weighted by Crippen LogP contribution is 2.28. The van der Waals surface area contributed by atoms with Gasteiger partial charge in [0.2, 0.25) is 11.7 Å². The number of anilines is 1. The second-order valence-electron chi connectivity index (χ2n) is 9.92. The molecule has 1 fully saturated rings. The summed E-state index contributed by atoms with van der Waals surface area (Å²) in [5, 5.41) is 12.9. The molecular weight excluding hydrogens is 494 g/mol. The molecule has 0 bridgehead atoms. The lowest BCUT2D eigenvalue weighted by molar-refractivity contribution is -0.143. The number of aliphatic carboxylic acids is 1. The van der Waals surface area contributed by atoms with Crippen LogP contribution >= 0.6 is 11.6 Å². The van der Waals surface area contributed by atoms with Crippen molar-refractivity contribution in [2.75, 3.05) is 11.4 Å². The highest BCUT2D eigenvalue weighted by atomic mass is 35.5. The minimum Gasteiger partial charge on any atom is -0.480 e. The Morgan fingerprint density at radius 2 is 1.95 bits per heavy atom. The summed E-state index contributed by atoms with van der Waals surface area (Å²) in [6.07, 6.45) is 6.02. The normalized spacial score (nSPS) is 16.5. The molecule has 10 heteroatoms.